The predicted molar refractivity (Wildman–Crippen MR) is 129 cm³/mol. The lowest BCUT2D eigenvalue weighted by atomic mass is 9.77. The first-order valence-electron chi connectivity index (χ1n) is 11.8. The van der Waals surface area contributed by atoms with E-state index in [1.165, 1.54) is 25.7 Å². The van der Waals surface area contributed by atoms with E-state index in [2.05, 4.69) is 13.0 Å². The molecule has 4 heteroatoms. The van der Waals surface area contributed by atoms with E-state index in [4.69, 9.17) is 9.47 Å². The number of methoxy groups -OCH3 is 1. The Balaban J connectivity index is 1.41. The third-order valence-electron chi connectivity index (χ3n) is 6.71. The van der Waals surface area contributed by atoms with Crippen molar-refractivity contribution < 1.29 is 18.7 Å². The van der Waals surface area contributed by atoms with Crippen molar-refractivity contribution in [1.29, 1.82) is 0 Å². The molecule has 0 saturated heterocycles. The van der Waals surface area contributed by atoms with Gasteiger partial charge in [0.25, 0.3) is 0 Å². The highest BCUT2D eigenvalue weighted by Gasteiger charge is 2.22. The van der Waals surface area contributed by atoms with Crippen LogP contribution in [0.5, 0.6) is 11.5 Å². The maximum atomic E-state index is 15.0. The molecule has 33 heavy (non-hydrogen) atoms. The third kappa shape index (κ3) is 5.62. The van der Waals surface area contributed by atoms with E-state index in [-0.39, 0.29) is 5.82 Å². The molecule has 0 unspecified atom stereocenters. The van der Waals surface area contributed by atoms with Crippen LogP contribution in [0.15, 0.2) is 66.7 Å². The molecule has 0 heterocycles. The van der Waals surface area contributed by atoms with Crippen LogP contribution in [0.3, 0.4) is 0 Å². The van der Waals surface area contributed by atoms with Gasteiger partial charge in [0.15, 0.2) is 0 Å². The van der Waals surface area contributed by atoms with E-state index in [9.17, 15) is 9.18 Å². The van der Waals surface area contributed by atoms with Crippen LogP contribution < -0.4 is 9.47 Å². The molecule has 1 fully saturated rings. The van der Waals surface area contributed by atoms with Crippen LogP contribution in [0.1, 0.15) is 67.3 Å². The minimum absolute atomic E-state index is 0.211. The molecule has 0 radical (unpaired) electrons. The normalized spacial score (nSPS) is 18.0. The second-order valence-electron chi connectivity index (χ2n) is 8.89. The summed E-state index contributed by atoms with van der Waals surface area (Å²) < 4.78 is 25.5. The highest BCUT2D eigenvalue weighted by atomic mass is 19.1. The van der Waals surface area contributed by atoms with Gasteiger partial charge in [-0.2, -0.15) is 0 Å². The summed E-state index contributed by atoms with van der Waals surface area (Å²) >= 11 is 0. The first kappa shape index (κ1) is 23.0. The molecule has 1 aliphatic rings. The SMILES string of the molecule is CCCC1CCC(c2ccc(-c3ccc(C(=O)Oc4ccc(OC)cc4)cc3)c(F)c2)CC1. The first-order valence-corrected chi connectivity index (χ1v) is 11.8. The lowest BCUT2D eigenvalue weighted by Crippen LogP contribution is -2.13. The molecule has 3 nitrogen and oxygen atoms in total. The van der Waals surface area contributed by atoms with Crippen molar-refractivity contribution in [2.75, 3.05) is 7.11 Å². The lowest BCUT2D eigenvalue weighted by Gasteiger charge is -2.28. The van der Waals surface area contributed by atoms with Crippen molar-refractivity contribution in [2.45, 2.75) is 51.4 Å². The van der Waals surface area contributed by atoms with Crippen molar-refractivity contribution in [3.63, 3.8) is 0 Å². The molecule has 0 aliphatic heterocycles. The summed E-state index contributed by atoms with van der Waals surface area (Å²) in [6.07, 6.45) is 7.34. The van der Waals surface area contributed by atoms with Gasteiger partial charge in [-0.25, -0.2) is 9.18 Å². The average Bonchev–Trinajstić information content (AvgIpc) is 2.85. The molecule has 3 aromatic rings. The Morgan fingerprint density at radius 3 is 2.18 bits per heavy atom. The van der Waals surface area contributed by atoms with Crippen LogP contribution in [0.4, 0.5) is 4.39 Å². The molecule has 0 N–H and O–H groups in total. The summed E-state index contributed by atoms with van der Waals surface area (Å²) in [5.74, 6) is 1.76. The number of ether oxygens (including phenoxy) is 2. The van der Waals surface area contributed by atoms with Crippen LogP contribution in [-0.2, 0) is 0 Å². The smallest absolute Gasteiger partial charge is 0.343 e. The number of carbonyl (C=O) groups is 1. The second kappa shape index (κ2) is 10.7. The average molecular weight is 447 g/mol. The summed E-state index contributed by atoms with van der Waals surface area (Å²) in [7, 11) is 1.58. The second-order valence-corrected chi connectivity index (χ2v) is 8.89. The van der Waals surface area contributed by atoms with E-state index in [1.54, 1.807) is 61.7 Å². The summed E-state index contributed by atoms with van der Waals surface area (Å²) in [6, 6.07) is 19.3. The predicted octanol–water partition coefficient (Wildman–Crippen LogP) is 7.79. The molecular formula is C29H31FO3. The fourth-order valence-electron chi connectivity index (χ4n) is 4.81. The Hall–Kier alpha value is -3.14. The zero-order valence-corrected chi connectivity index (χ0v) is 19.4. The van der Waals surface area contributed by atoms with Gasteiger partial charge in [-0.15, -0.1) is 0 Å². The Labute approximate surface area is 195 Å². The van der Waals surface area contributed by atoms with Gasteiger partial charge in [-0.3, -0.25) is 0 Å². The van der Waals surface area contributed by atoms with E-state index >= 15 is 0 Å². The number of halogens is 1. The van der Waals surface area contributed by atoms with Gasteiger partial charge in [0.1, 0.15) is 17.3 Å². The number of hydrogen-bond acceptors (Lipinski definition) is 3. The Morgan fingerprint density at radius 2 is 1.58 bits per heavy atom. The van der Waals surface area contributed by atoms with Gasteiger partial charge >= 0.3 is 5.97 Å². The monoisotopic (exact) mass is 446 g/mol. The molecular weight excluding hydrogens is 415 g/mol. The van der Waals surface area contributed by atoms with Crippen molar-refractivity contribution in [3.8, 4) is 22.6 Å². The van der Waals surface area contributed by atoms with E-state index < -0.39 is 5.97 Å². The summed E-state index contributed by atoms with van der Waals surface area (Å²) in [4.78, 5) is 12.4. The molecule has 3 aromatic carbocycles. The molecule has 1 aliphatic carbocycles. The number of rotatable bonds is 7. The van der Waals surface area contributed by atoms with Crippen molar-refractivity contribution in [1.82, 2.24) is 0 Å². The molecule has 0 amide bonds. The molecule has 0 spiro atoms. The summed E-state index contributed by atoms with van der Waals surface area (Å²) in [6.45, 7) is 2.25. The van der Waals surface area contributed by atoms with Crippen LogP contribution in [0.2, 0.25) is 0 Å². The lowest BCUT2D eigenvalue weighted by molar-refractivity contribution is 0.0734. The van der Waals surface area contributed by atoms with Crippen LogP contribution in [-0.4, -0.2) is 13.1 Å². The summed E-state index contributed by atoms with van der Waals surface area (Å²) in [5.41, 5.74) is 2.81. The topological polar surface area (TPSA) is 35.5 Å². The van der Waals surface area contributed by atoms with Crippen LogP contribution >= 0.6 is 0 Å². The number of hydrogen-bond donors (Lipinski definition) is 0. The highest BCUT2D eigenvalue weighted by molar-refractivity contribution is 5.91. The fourth-order valence-corrected chi connectivity index (χ4v) is 4.81. The van der Waals surface area contributed by atoms with Gasteiger partial charge < -0.3 is 9.47 Å². The van der Waals surface area contributed by atoms with Crippen molar-refractivity contribution >= 4 is 5.97 Å². The molecule has 4 rings (SSSR count). The Morgan fingerprint density at radius 1 is 0.909 bits per heavy atom. The highest BCUT2D eigenvalue weighted by Crippen LogP contribution is 2.38. The minimum atomic E-state index is -0.457. The van der Waals surface area contributed by atoms with Crippen molar-refractivity contribution in [2.24, 2.45) is 5.92 Å². The van der Waals surface area contributed by atoms with Gasteiger partial charge in [-0.05, 0) is 91.1 Å². The van der Waals surface area contributed by atoms with E-state index in [0.29, 0.717) is 28.5 Å². The maximum Gasteiger partial charge on any atom is 0.343 e. The molecule has 0 aromatic heterocycles. The van der Waals surface area contributed by atoms with Gasteiger partial charge in [0.05, 0.1) is 12.7 Å². The maximum absolute atomic E-state index is 15.0. The van der Waals surface area contributed by atoms with Crippen molar-refractivity contribution in [3.05, 3.63) is 83.7 Å². The zero-order valence-electron chi connectivity index (χ0n) is 19.4. The van der Waals surface area contributed by atoms with Gasteiger partial charge in [0.2, 0.25) is 0 Å². The van der Waals surface area contributed by atoms with Crippen LogP contribution in [0, 0.1) is 11.7 Å². The Bertz CT molecular complexity index is 1070. The molecule has 0 atom stereocenters. The van der Waals surface area contributed by atoms with Gasteiger partial charge in [0, 0.05) is 5.56 Å². The standard InChI is InChI=1S/C29H31FO3/c1-3-4-20-5-7-21(8-6-20)24-13-18-27(28(30)19-24)22-9-11-23(12-10-22)29(31)33-26-16-14-25(32-2)15-17-26/h9-21H,3-8H2,1-2H3. The quantitative estimate of drug-likeness (QED) is 0.274. The largest absolute Gasteiger partial charge is 0.497 e. The Kier molecular flexibility index (Phi) is 7.43. The molecule has 1 saturated carbocycles. The number of esters is 1. The molecule has 172 valence electrons. The van der Waals surface area contributed by atoms with E-state index in [1.807, 2.05) is 6.07 Å². The minimum Gasteiger partial charge on any atom is -0.497 e. The zero-order chi connectivity index (χ0) is 23.2. The third-order valence-corrected chi connectivity index (χ3v) is 6.71. The molecule has 0 bridgehead atoms. The van der Waals surface area contributed by atoms with E-state index in [0.717, 1.165) is 29.9 Å². The fraction of sp³-hybridized carbons (Fsp3) is 0.345. The summed E-state index contributed by atoms with van der Waals surface area (Å²) in [5, 5.41) is 0. The first-order chi connectivity index (χ1) is 16.1. The van der Waals surface area contributed by atoms with Gasteiger partial charge in [-0.1, -0.05) is 44.0 Å². The number of benzene rings is 3. The van der Waals surface area contributed by atoms with Crippen LogP contribution in [0.25, 0.3) is 11.1 Å². The number of carbonyl (C=O) groups excluding carboxylic acids is 1.